The number of nitrogens with one attached hydrogen (secondary N) is 1. The van der Waals surface area contributed by atoms with Crippen LogP contribution in [0.3, 0.4) is 0 Å². The fourth-order valence-corrected chi connectivity index (χ4v) is 3.06. The van der Waals surface area contributed by atoms with Gasteiger partial charge < -0.3 is 10.2 Å². The van der Waals surface area contributed by atoms with Crippen molar-refractivity contribution >= 4 is 11.8 Å². The molecule has 2 aromatic rings. The van der Waals surface area contributed by atoms with Crippen molar-refractivity contribution in [2.75, 3.05) is 13.1 Å². The van der Waals surface area contributed by atoms with Gasteiger partial charge in [-0.1, -0.05) is 30.3 Å². The van der Waals surface area contributed by atoms with Gasteiger partial charge in [0.15, 0.2) is 0 Å². The number of pyridine rings is 1. The largest absolute Gasteiger partial charge is 0.344 e. The van der Waals surface area contributed by atoms with Gasteiger partial charge in [0, 0.05) is 24.8 Å². The number of nitrogens with zero attached hydrogens (tertiary/aromatic N) is 2. The van der Waals surface area contributed by atoms with E-state index in [0.29, 0.717) is 5.56 Å². The highest BCUT2D eigenvalue weighted by atomic mass is 16.2. The van der Waals surface area contributed by atoms with Crippen LogP contribution in [0.2, 0.25) is 0 Å². The van der Waals surface area contributed by atoms with Crippen molar-refractivity contribution in [2.45, 2.75) is 32.2 Å². The molecule has 2 heterocycles. The van der Waals surface area contributed by atoms with E-state index in [0.717, 1.165) is 31.5 Å². The minimum absolute atomic E-state index is 0.0211. The van der Waals surface area contributed by atoms with Gasteiger partial charge in [0.1, 0.15) is 5.69 Å². The molecule has 1 aliphatic heterocycles. The fraction of sp³-hybridized carbons (Fsp3) is 0.350. The predicted octanol–water partition coefficient (Wildman–Crippen LogP) is 3.20. The van der Waals surface area contributed by atoms with Gasteiger partial charge in [-0.2, -0.15) is 0 Å². The number of carbonyl (C=O) groups excluding carboxylic acids is 2. The average molecular weight is 337 g/mol. The van der Waals surface area contributed by atoms with Crippen LogP contribution in [0.5, 0.6) is 0 Å². The van der Waals surface area contributed by atoms with Crippen LogP contribution in [0.1, 0.15) is 58.6 Å². The molecule has 0 bridgehead atoms. The molecule has 0 spiro atoms. The van der Waals surface area contributed by atoms with Gasteiger partial charge in [0.2, 0.25) is 0 Å². The number of benzene rings is 1. The monoisotopic (exact) mass is 337 g/mol. The number of carbonyl (C=O) groups is 2. The Bertz CT molecular complexity index is 740. The number of aromatic nitrogens is 1. The molecule has 1 atom stereocenters. The third-order valence-electron chi connectivity index (χ3n) is 4.53. The lowest BCUT2D eigenvalue weighted by atomic mass is 10.1. The van der Waals surface area contributed by atoms with E-state index in [-0.39, 0.29) is 23.6 Å². The van der Waals surface area contributed by atoms with Gasteiger partial charge in [0.05, 0.1) is 6.04 Å². The Morgan fingerprint density at radius 3 is 2.52 bits per heavy atom. The molecule has 0 aliphatic carbocycles. The van der Waals surface area contributed by atoms with Crippen molar-refractivity contribution in [1.29, 1.82) is 0 Å². The highest BCUT2D eigenvalue weighted by molar-refractivity contribution is 5.98. The average Bonchev–Trinajstić information content (AvgIpc) is 2.68. The van der Waals surface area contributed by atoms with Crippen LogP contribution in [-0.2, 0) is 0 Å². The summed E-state index contributed by atoms with van der Waals surface area (Å²) in [6, 6.07) is 12.9. The van der Waals surface area contributed by atoms with Gasteiger partial charge in [-0.25, -0.2) is 0 Å². The zero-order valence-corrected chi connectivity index (χ0v) is 14.4. The van der Waals surface area contributed by atoms with Crippen LogP contribution in [0.15, 0.2) is 48.7 Å². The minimum Gasteiger partial charge on any atom is -0.344 e. The van der Waals surface area contributed by atoms with Crippen LogP contribution in [-0.4, -0.2) is 34.8 Å². The van der Waals surface area contributed by atoms with E-state index in [4.69, 9.17) is 0 Å². The fourth-order valence-electron chi connectivity index (χ4n) is 3.06. The van der Waals surface area contributed by atoms with E-state index in [9.17, 15) is 9.59 Å². The Balaban J connectivity index is 1.70. The lowest BCUT2D eigenvalue weighted by Gasteiger charge is -2.26. The molecule has 1 unspecified atom stereocenters. The maximum absolute atomic E-state index is 12.6. The third-order valence-corrected chi connectivity index (χ3v) is 4.53. The number of rotatable bonds is 4. The number of likely N-dealkylation sites (tertiary alicyclic amines) is 1. The van der Waals surface area contributed by atoms with E-state index in [1.807, 2.05) is 42.2 Å². The standard InChI is InChI=1S/C20H23N3O2/c1-15(16-8-4-2-5-9-16)22-19(24)18-14-17(10-11-21-18)20(25)23-12-6-3-7-13-23/h2,4-5,8-11,14-15H,3,6-7,12-13H2,1H3,(H,22,24). The van der Waals surface area contributed by atoms with Gasteiger partial charge in [-0.15, -0.1) is 0 Å². The molecule has 5 nitrogen and oxygen atoms in total. The molecule has 0 saturated carbocycles. The molecular weight excluding hydrogens is 314 g/mol. The van der Waals surface area contributed by atoms with Crippen LogP contribution in [0, 0.1) is 0 Å². The van der Waals surface area contributed by atoms with Crippen LogP contribution in [0.4, 0.5) is 0 Å². The van der Waals surface area contributed by atoms with Crippen LogP contribution >= 0.6 is 0 Å². The summed E-state index contributed by atoms with van der Waals surface area (Å²) in [5, 5.41) is 2.93. The summed E-state index contributed by atoms with van der Waals surface area (Å²) in [5.41, 5.74) is 1.82. The molecule has 1 aromatic heterocycles. The van der Waals surface area contributed by atoms with Crippen molar-refractivity contribution in [1.82, 2.24) is 15.2 Å². The Morgan fingerprint density at radius 2 is 1.80 bits per heavy atom. The Labute approximate surface area is 148 Å². The molecule has 1 N–H and O–H groups in total. The summed E-state index contributed by atoms with van der Waals surface area (Å²) in [6.07, 6.45) is 4.78. The van der Waals surface area contributed by atoms with Crippen molar-refractivity contribution in [3.8, 4) is 0 Å². The highest BCUT2D eigenvalue weighted by Gasteiger charge is 2.20. The van der Waals surface area contributed by atoms with E-state index in [1.165, 1.54) is 12.6 Å². The molecule has 3 rings (SSSR count). The first-order chi connectivity index (χ1) is 12.1. The van der Waals surface area contributed by atoms with Gasteiger partial charge in [0.25, 0.3) is 11.8 Å². The quantitative estimate of drug-likeness (QED) is 0.932. The molecule has 1 fully saturated rings. The summed E-state index contributed by atoms with van der Waals surface area (Å²) in [7, 11) is 0. The Hall–Kier alpha value is -2.69. The maximum atomic E-state index is 12.6. The summed E-state index contributed by atoms with van der Waals surface area (Å²) in [5.74, 6) is -0.295. The van der Waals surface area contributed by atoms with E-state index in [2.05, 4.69) is 10.3 Å². The third kappa shape index (κ3) is 4.24. The number of hydrogen-bond acceptors (Lipinski definition) is 3. The second-order valence-corrected chi connectivity index (χ2v) is 6.39. The molecule has 1 saturated heterocycles. The lowest BCUT2D eigenvalue weighted by molar-refractivity contribution is 0.0724. The molecule has 25 heavy (non-hydrogen) atoms. The van der Waals surface area contributed by atoms with Crippen LogP contribution < -0.4 is 5.32 Å². The summed E-state index contributed by atoms with van der Waals surface area (Å²) in [4.78, 5) is 31.1. The highest BCUT2D eigenvalue weighted by Crippen LogP contribution is 2.15. The molecule has 0 radical (unpaired) electrons. The molecule has 2 amide bonds. The van der Waals surface area contributed by atoms with E-state index < -0.39 is 0 Å². The molecule has 130 valence electrons. The second-order valence-electron chi connectivity index (χ2n) is 6.39. The molecule has 1 aliphatic rings. The SMILES string of the molecule is CC(NC(=O)c1cc(C(=O)N2CCCCC2)ccn1)c1ccccc1. The van der Waals surface area contributed by atoms with E-state index in [1.54, 1.807) is 12.1 Å². The Morgan fingerprint density at radius 1 is 1.08 bits per heavy atom. The first-order valence-electron chi connectivity index (χ1n) is 8.76. The summed E-state index contributed by atoms with van der Waals surface area (Å²) < 4.78 is 0. The zero-order chi connectivity index (χ0) is 17.6. The molecule has 5 heteroatoms. The number of hydrogen-bond donors (Lipinski definition) is 1. The van der Waals surface area contributed by atoms with Crippen molar-refractivity contribution < 1.29 is 9.59 Å². The van der Waals surface area contributed by atoms with Gasteiger partial charge in [-0.05, 0) is 43.9 Å². The van der Waals surface area contributed by atoms with Crippen molar-refractivity contribution in [2.24, 2.45) is 0 Å². The number of piperidine rings is 1. The van der Waals surface area contributed by atoms with Crippen molar-refractivity contribution in [3.05, 3.63) is 65.5 Å². The van der Waals surface area contributed by atoms with E-state index >= 15 is 0 Å². The first-order valence-corrected chi connectivity index (χ1v) is 8.76. The number of amides is 2. The smallest absolute Gasteiger partial charge is 0.270 e. The summed E-state index contributed by atoms with van der Waals surface area (Å²) >= 11 is 0. The van der Waals surface area contributed by atoms with Crippen molar-refractivity contribution in [3.63, 3.8) is 0 Å². The molecule has 1 aromatic carbocycles. The zero-order valence-electron chi connectivity index (χ0n) is 14.4. The topological polar surface area (TPSA) is 62.3 Å². The maximum Gasteiger partial charge on any atom is 0.270 e. The Kier molecular flexibility index (Phi) is 5.43. The predicted molar refractivity (Wildman–Crippen MR) is 96.3 cm³/mol. The minimum atomic E-state index is -0.273. The first kappa shape index (κ1) is 17.1. The lowest BCUT2D eigenvalue weighted by Crippen LogP contribution is -2.36. The molecular formula is C20H23N3O2. The summed E-state index contributed by atoms with van der Waals surface area (Å²) in [6.45, 7) is 3.50. The van der Waals surface area contributed by atoms with Gasteiger partial charge in [-0.3, -0.25) is 14.6 Å². The van der Waals surface area contributed by atoms with Gasteiger partial charge >= 0.3 is 0 Å². The second kappa shape index (κ2) is 7.92. The normalized spacial score (nSPS) is 15.5. The van der Waals surface area contributed by atoms with Crippen LogP contribution in [0.25, 0.3) is 0 Å².